The predicted molar refractivity (Wildman–Crippen MR) is 81.5 cm³/mol. The van der Waals surface area contributed by atoms with E-state index < -0.39 is 6.36 Å². The average Bonchev–Trinajstić information content (AvgIpc) is 2.50. The molecule has 0 aliphatic carbocycles. The molecule has 0 amide bonds. The lowest BCUT2D eigenvalue weighted by Gasteiger charge is -2.10. The molecule has 0 saturated carbocycles. The quantitative estimate of drug-likeness (QED) is 0.763. The van der Waals surface area contributed by atoms with Crippen LogP contribution >= 0.6 is 0 Å². The van der Waals surface area contributed by atoms with E-state index in [0.717, 1.165) is 30.3 Å². The van der Waals surface area contributed by atoms with Gasteiger partial charge in [-0.05, 0) is 31.0 Å². The average molecular weight is 326 g/mol. The van der Waals surface area contributed by atoms with Gasteiger partial charge in [-0.15, -0.1) is 13.2 Å². The van der Waals surface area contributed by atoms with Gasteiger partial charge in [-0.3, -0.25) is 4.98 Å². The maximum atomic E-state index is 12.2. The normalized spacial score (nSPS) is 11.1. The molecule has 0 aromatic carbocycles. The van der Waals surface area contributed by atoms with Crippen LogP contribution in [0.5, 0.6) is 5.75 Å². The van der Waals surface area contributed by atoms with Crippen molar-refractivity contribution >= 4 is 11.5 Å². The summed E-state index contributed by atoms with van der Waals surface area (Å²) in [6.07, 6.45) is -0.189. The van der Waals surface area contributed by atoms with Crippen LogP contribution in [0.2, 0.25) is 0 Å². The highest BCUT2D eigenvalue weighted by atomic mass is 19.4. The molecular formula is C15H17F3N4O. The smallest absolute Gasteiger partial charge is 0.406 e. The highest BCUT2D eigenvalue weighted by Crippen LogP contribution is 2.23. The number of rotatable bonds is 7. The van der Waals surface area contributed by atoms with E-state index in [-0.39, 0.29) is 5.75 Å². The van der Waals surface area contributed by atoms with Gasteiger partial charge >= 0.3 is 6.36 Å². The van der Waals surface area contributed by atoms with Crippen LogP contribution in [0.4, 0.5) is 24.7 Å². The number of nitrogens with one attached hydrogen (secondary N) is 2. The highest BCUT2D eigenvalue weighted by Gasteiger charge is 2.31. The summed E-state index contributed by atoms with van der Waals surface area (Å²) in [7, 11) is 1.84. The molecule has 2 aromatic heterocycles. The van der Waals surface area contributed by atoms with Crippen LogP contribution in [-0.2, 0) is 6.42 Å². The van der Waals surface area contributed by atoms with Gasteiger partial charge in [0, 0.05) is 43.4 Å². The molecule has 0 spiro atoms. The summed E-state index contributed by atoms with van der Waals surface area (Å²) in [5, 5.41) is 6.00. The number of anilines is 2. The Morgan fingerprint density at radius 1 is 1.13 bits per heavy atom. The number of hydrogen-bond acceptors (Lipinski definition) is 5. The number of halogens is 3. The number of hydrogen-bond donors (Lipinski definition) is 2. The molecule has 23 heavy (non-hydrogen) atoms. The van der Waals surface area contributed by atoms with Gasteiger partial charge < -0.3 is 15.4 Å². The number of aryl methyl sites for hydroxylation is 1. The predicted octanol–water partition coefficient (Wildman–Crippen LogP) is 3.46. The van der Waals surface area contributed by atoms with Gasteiger partial charge in [-0.25, -0.2) is 4.98 Å². The Morgan fingerprint density at radius 2 is 1.91 bits per heavy atom. The van der Waals surface area contributed by atoms with Crippen LogP contribution in [0, 0.1) is 0 Å². The number of ether oxygens (including phenoxy) is 1. The fourth-order valence-electron chi connectivity index (χ4n) is 1.96. The van der Waals surface area contributed by atoms with E-state index >= 15 is 0 Å². The first-order valence-electron chi connectivity index (χ1n) is 7.04. The third kappa shape index (κ3) is 6.01. The first-order valence-corrected chi connectivity index (χ1v) is 7.04. The Hall–Kier alpha value is -2.51. The molecule has 0 radical (unpaired) electrons. The number of alkyl halides is 3. The molecule has 0 bridgehead atoms. The zero-order chi connectivity index (χ0) is 16.7. The molecule has 2 aromatic rings. The van der Waals surface area contributed by atoms with Crippen molar-refractivity contribution in [2.45, 2.75) is 19.2 Å². The standard InChI is InChI=1S/C15H17F3N4O/c1-19-11-4-7-20-12(9-11)3-2-6-21-14-10-13(5-8-22-14)23-15(16,17)18/h4-5,7-10H,2-3,6H2,1H3,(H,19,20)(H,21,22). The van der Waals surface area contributed by atoms with Crippen molar-refractivity contribution in [3.63, 3.8) is 0 Å². The molecule has 0 aliphatic heterocycles. The Balaban J connectivity index is 1.81. The van der Waals surface area contributed by atoms with Crippen molar-refractivity contribution in [1.82, 2.24) is 9.97 Å². The number of aromatic nitrogens is 2. The minimum Gasteiger partial charge on any atom is -0.406 e. The molecule has 2 rings (SSSR count). The van der Waals surface area contributed by atoms with E-state index in [1.807, 2.05) is 19.2 Å². The van der Waals surface area contributed by atoms with Crippen molar-refractivity contribution in [3.05, 3.63) is 42.4 Å². The SMILES string of the molecule is CNc1ccnc(CCCNc2cc(OC(F)(F)F)ccn2)c1. The first-order chi connectivity index (χ1) is 11.0. The molecule has 2 N–H and O–H groups in total. The zero-order valence-electron chi connectivity index (χ0n) is 12.5. The summed E-state index contributed by atoms with van der Waals surface area (Å²) in [5.41, 5.74) is 1.93. The molecule has 5 nitrogen and oxygen atoms in total. The van der Waals surface area contributed by atoms with E-state index in [4.69, 9.17) is 0 Å². The van der Waals surface area contributed by atoms with Crippen LogP contribution in [-0.4, -0.2) is 29.9 Å². The minimum atomic E-state index is -4.71. The lowest BCUT2D eigenvalue weighted by Crippen LogP contribution is -2.17. The number of pyridine rings is 2. The summed E-state index contributed by atoms with van der Waals surface area (Å²) >= 11 is 0. The summed E-state index contributed by atoms with van der Waals surface area (Å²) in [5.74, 6) is 0.0436. The maximum Gasteiger partial charge on any atom is 0.573 e. The Kier molecular flexibility index (Phi) is 5.61. The monoisotopic (exact) mass is 326 g/mol. The van der Waals surface area contributed by atoms with Crippen molar-refractivity contribution in [2.24, 2.45) is 0 Å². The molecule has 2 heterocycles. The van der Waals surface area contributed by atoms with Crippen molar-refractivity contribution in [2.75, 3.05) is 24.2 Å². The molecular weight excluding hydrogens is 309 g/mol. The topological polar surface area (TPSA) is 59.1 Å². The second kappa shape index (κ2) is 7.66. The van der Waals surface area contributed by atoms with Crippen molar-refractivity contribution in [1.29, 1.82) is 0 Å². The van der Waals surface area contributed by atoms with Gasteiger partial charge in [0.25, 0.3) is 0 Å². The van der Waals surface area contributed by atoms with Gasteiger partial charge in [0.2, 0.25) is 0 Å². The van der Waals surface area contributed by atoms with E-state index in [1.165, 1.54) is 12.3 Å². The molecule has 124 valence electrons. The first kappa shape index (κ1) is 16.9. The van der Waals surface area contributed by atoms with Crippen LogP contribution < -0.4 is 15.4 Å². The molecule has 0 saturated heterocycles. The maximum absolute atomic E-state index is 12.2. The van der Waals surface area contributed by atoms with E-state index in [9.17, 15) is 13.2 Å². The van der Waals surface area contributed by atoms with Crippen molar-refractivity contribution < 1.29 is 17.9 Å². The van der Waals surface area contributed by atoms with E-state index in [1.54, 1.807) is 6.20 Å². The van der Waals surface area contributed by atoms with Crippen LogP contribution in [0.3, 0.4) is 0 Å². The molecule has 0 atom stereocenters. The largest absolute Gasteiger partial charge is 0.573 e. The lowest BCUT2D eigenvalue weighted by atomic mass is 10.2. The van der Waals surface area contributed by atoms with Gasteiger partial charge in [0.15, 0.2) is 0 Å². The molecule has 0 aliphatic rings. The third-order valence-corrected chi connectivity index (χ3v) is 2.99. The van der Waals surface area contributed by atoms with Crippen LogP contribution in [0.15, 0.2) is 36.7 Å². The summed E-state index contributed by atoms with van der Waals surface area (Å²) < 4.78 is 40.3. The van der Waals surface area contributed by atoms with Gasteiger partial charge in [-0.1, -0.05) is 0 Å². The van der Waals surface area contributed by atoms with Gasteiger partial charge in [0.05, 0.1) is 0 Å². The van der Waals surface area contributed by atoms with E-state index in [2.05, 4.69) is 25.3 Å². The van der Waals surface area contributed by atoms with Crippen LogP contribution in [0.1, 0.15) is 12.1 Å². The molecule has 0 fully saturated rings. The second-order valence-corrected chi connectivity index (χ2v) is 4.74. The van der Waals surface area contributed by atoms with Crippen molar-refractivity contribution in [3.8, 4) is 5.75 Å². The number of nitrogens with zero attached hydrogens (tertiary/aromatic N) is 2. The Bertz CT molecular complexity index is 634. The molecule has 8 heteroatoms. The summed E-state index contributed by atoms with van der Waals surface area (Å²) in [6, 6.07) is 6.20. The fourth-order valence-corrected chi connectivity index (χ4v) is 1.96. The third-order valence-electron chi connectivity index (χ3n) is 2.99. The molecule has 0 unspecified atom stereocenters. The highest BCUT2D eigenvalue weighted by molar-refractivity contribution is 5.42. The van der Waals surface area contributed by atoms with Crippen LogP contribution in [0.25, 0.3) is 0 Å². The summed E-state index contributed by atoms with van der Waals surface area (Å²) in [4.78, 5) is 8.22. The zero-order valence-corrected chi connectivity index (χ0v) is 12.5. The van der Waals surface area contributed by atoms with E-state index in [0.29, 0.717) is 12.4 Å². The van der Waals surface area contributed by atoms with Gasteiger partial charge in [0.1, 0.15) is 11.6 Å². The Labute approximate surface area is 131 Å². The fraction of sp³-hybridized carbons (Fsp3) is 0.333. The Morgan fingerprint density at radius 3 is 2.65 bits per heavy atom. The lowest BCUT2D eigenvalue weighted by molar-refractivity contribution is -0.274. The van der Waals surface area contributed by atoms with Gasteiger partial charge in [-0.2, -0.15) is 0 Å². The summed E-state index contributed by atoms with van der Waals surface area (Å²) in [6.45, 7) is 0.563. The minimum absolute atomic E-state index is 0.293. The second-order valence-electron chi connectivity index (χ2n) is 4.74.